The van der Waals surface area contributed by atoms with Gasteiger partial charge in [-0.1, -0.05) is 30.1 Å². The minimum atomic E-state index is -3.98. The van der Waals surface area contributed by atoms with E-state index in [9.17, 15) is 12.8 Å². The van der Waals surface area contributed by atoms with Crippen LogP contribution in [-0.2, 0) is 16.4 Å². The van der Waals surface area contributed by atoms with Crippen molar-refractivity contribution in [2.45, 2.75) is 25.2 Å². The Balaban J connectivity index is 2.49. The minimum Gasteiger partial charge on any atom is -0.278 e. The van der Waals surface area contributed by atoms with Crippen molar-refractivity contribution >= 4 is 38.9 Å². The van der Waals surface area contributed by atoms with Crippen molar-refractivity contribution in [3.63, 3.8) is 0 Å². The molecule has 0 radical (unpaired) electrons. The average Bonchev–Trinajstić information content (AvgIpc) is 2.42. The highest BCUT2D eigenvalue weighted by molar-refractivity contribution is 7.92. The maximum Gasteiger partial charge on any atom is 0.263 e. The number of hydrogen-bond donors (Lipinski definition) is 1. The van der Waals surface area contributed by atoms with E-state index in [1.165, 1.54) is 12.1 Å². The monoisotopic (exact) mass is 362 g/mol. The fraction of sp³-hybridized carbons (Fsp3) is 0.214. The van der Waals surface area contributed by atoms with E-state index in [4.69, 9.17) is 23.2 Å². The van der Waals surface area contributed by atoms with Crippen molar-refractivity contribution < 1.29 is 12.8 Å². The highest BCUT2D eigenvalue weighted by Gasteiger charge is 2.21. The molecule has 0 amide bonds. The fourth-order valence-electron chi connectivity index (χ4n) is 1.87. The average molecular weight is 363 g/mol. The molecule has 4 nitrogen and oxygen atoms in total. The number of sulfonamides is 1. The van der Waals surface area contributed by atoms with Crippen LogP contribution in [-0.4, -0.2) is 13.4 Å². The van der Waals surface area contributed by atoms with Crippen molar-refractivity contribution in [2.75, 3.05) is 4.72 Å². The van der Waals surface area contributed by atoms with Gasteiger partial charge in [0.15, 0.2) is 0 Å². The van der Waals surface area contributed by atoms with Crippen molar-refractivity contribution in [3.8, 4) is 0 Å². The number of nitrogens with one attached hydrogen (secondary N) is 1. The molecule has 2 rings (SSSR count). The second-order valence-corrected chi connectivity index (χ2v) is 7.10. The predicted octanol–water partition coefficient (Wildman–Crippen LogP) is 4.20. The highest BCUT2D eigenvalue weighted by Crippen LogP contribution is 2.30. The Bertz CT molecular complexity index is 826. The van der Waals surface area contributed by atoms with Crippen LogP contribution < -0.4 is 4.72 Å². The molecule has 118 valence electrons. The minimum absolute atomic E-state index is 0.00879. The molecule has 0 saturated heterocycles. The van der Waals surface area contributed by atoms with E-state index in [1.54, 1.807) is 13.8 Å². The summed E-state index contributed by atoms with van der Waals surface area (Å²) in [6.45, 7) is 3.45. The summed E-state index contributed by atoms with van der Waals surface area (Å²) in [7, 11) is -3.98. The van der Waals surface area contributed by atoms with Gasteiger partial charge in [-0.25, -0.2) is 12.8 Å². The smallest absolute Gasteiger partial charge is 0.263 e. The van der Waals surface area contributed by atoms with Crippen LogP contribution in [0, 0.1) is 12.7 Å². The van der Waals surface area contributed by atoms with Gasteiger partial charge in [-0.15, -0.1) is 0 Å². The molecule has 0 bridgehead atoms. The zero-order chi connectivity index (χ0) is 16.5. The third kappa shape index (κ3) is 3.51. The lowest BCUT2D eigenvalue weighted by atomic mass is 10.2. The number of halogens is 3. The Morgan fingerprint density at radius 3 is 2.55 bits per heavy atom. The van der Waals surface area contributed by atoms with Gasteiger partial charge in [0.1, 0.15) is 10.7 Å². The SMILES string of the molecule is CCc1ncc(F)cc1NS(=O)(=O)c1cc(C)c(Cl)cc1Cl. The molecule has 1 N–H and O–H groups in total. The molecule has 1 heterocycles. The standard InChI is InChI=1S/C14H13Cl2FN2O2S/c1-3-12-13(5-9(17)7-18-12)19-22(20,21)14-4-8(2)10(15)6-11(14)16/h4-7,19H,3H2,1-2H3. The van der Waals surface area contributed by atoms with Crippen molar-refractivity contribution in [1.29, 1.82) is 0 Å². The molecule has 1 aromatic carbocycles. The largest absolute Gasteiger partial charge is 0.278 e. The molecule has 2 aromatic rings. The summed E-state index contributed by atoms with van der Waals surface area (Å²) in [6, 6.07) is 3.81. The molecular formula is C14H13Cl2FN2O2S. The molecule has 0 aliphatic heterocycles. The topological polar surface area (TPSA) is 59.1 Å². The first-order valence-corrected chi connectivity index (χ1v) is 8.61. The second-order valence-electron chi connectivity index (χ2n) is 4.64. The molecule has 0 saturated carbocycles. The number of rotatable bonds is 4. The van der Waals surface area contributed by atoms with Crippen LogP contribution in [0.5, 0.6) is 0 Å². The van der Waals surface area contributed by atoms with Crippen molar-refractivity contribution in [3.05, 3.63) is 51.5 Å². The third-order valence-corrected chi connectivity index (χ3v) is 5.26. The van der Waals surface area contributed by atoms with Crippen molar-refractivity contribution in [2.24, 2.45) is 0 Å². The van der Waals surface area contributed by atoms with E-state index < -0.39 is 15.8 Å². The van der Waals surface area contributed by atoms with Gasteiger partial charge in [0.05, 0.1) is 22.6 Å². The second kappa shape index (κ2) is 6.40. The maximum absolute atomic E-state index is 13.3. The third-order valence-electron chi connectivity index (χ3n) is 3.02. The first kappa shape index (κ1) is 17.0. The lowest BCUT2D eigenvalue weighted by molar-refractivity contribution is 0.600. The number of aryl methyl sites for hydroxylation is 2. The molecule has 0 unspecified atom stereocenters. The summed E-state index contributed by atoms with van der Waals surface area (Å²) in [5, 5.41) is 0.358. The van der Waals surface area contributed by atoms with Gasteiger partial charge in [-0.05, 0) is 31.0 Å². The van der Waals surface area contributed by atoms with Gasteiger partial charge in [0, 0.05) is 11.1 Å². The molecule has 8 heteroatoms. The maximum atomic E-state index is 13.3. The van der Waals surface area contributed by atoms with E-state index in [0.717, 1.165) is 12.3 Å². The summed E-state index contributed by atoms with van der Waals surface area (Å²) in [4.78, 5) is 3.75. The quantitative estimate of drug-likeness (QED) is 0.886. The van der Waals surface area contributed by atoms with Crippen LogP contribution in [0.25, 0.3) is 0 Å². The number of pyridine rings is 1. The molecule has 0 spiro atoms. The summed E-state index contributed by atoms with van der Waals surface area (Å²) < 4.78 is 40.6. The van der Waals surface area contributed by atoms with Crippen LogP contribution in [0.2, 0.25) is 10.0 Å². The number of anilines is 1. The summed E-state index contributed by atoms with van der Waals surface area (Å²) in [6.07, 6.45) is 1.49. The number of aromatic nitrogens is 1. The zero-order valence-electron chi connectivity index (χ0n) is 11.8. The summed E-state index contributed by atoms with van der Waals surface area (Å²) >= 11 is 11.9. The number of hydrogen-bond acceptors (Lipinski definition) is 3. The van der Waals surface area contributed by atoms with Crippen molar-refractivity contribution in [1.82, 2.24) is 4.98 Å². The first-order valence-electron chi connectivity index (χ1n) is 6.37. The lowest BCUT2D eigenvalue weighted by Crippen LogP contribution is -2.15. The van der Waals surface area contributed by atoms with E-state index in [1.807, 2.05) is 0 Å². The molecular weight excluding hydrogens is 350 g/mol. The van der Waals surface area contributed by atoms with E-state index in [0.29, 0.717) is 22.7 Å². The molecule has 0 atom stereocenters. The Kier molecular flexibility index (Phi) is 4.94. The Hall–Kier alpha value is -1.37. The zero-order valence-corrected chi connectivity index (χ0v) is 14.2. The van der Waals surface area contributed by atoms with Gasteiger partial charge >= 0.3 is 0 Å². The summed E-state index contributed by atoms with van der Waals surface area (Å²) in [5.74, 6) is -0.631. The molecule has 0 aliphatic carbocycles. The highest BCUT2D eigenvalue weighted by atomic mass is 35.5. The molecule has 0 aliphatic rings. The van der Waals surface area contributed by atoms with Crippen LogP contribution in [0.15, 0.2) is 29.3 Å². The van der Waals surface area contributed by atoms with Gasteiger partial charge < -0.3 is 0 Å². The van der Waals surface area contributed by atoms with Gasteiger partial charge in [0.2, 0.25) is 0 Å². The molecule has 1 aromatic heterocycles. The van der Waals surface area contributed by atoms with Crippen LogP contribution >= 0.6 is 23.2 Å². The first-order chi connectivity index (χ1) is 10.2. The van der Waals surface area contributed by atoms with E-state index in [2.05, 4.69) is 9.71 Å². The molecule has 0 fully saturated rings. The van der Waals surface area contributed by atoms with Crippen LogP contribution in [0.1, 0.15) is 18.2 Å². The summed E-state index contributed by atoms with van der Waals surface area (Å²) in [5.41, 5.74) is 1.09. The lowest BCUT2D eigenvalue weighted by Gasteiger charge is -2.13. The Labute approximate surface area is 138 Å². The van der Waals surface area contributed by atoms with E-state index >= 15 is 0 Å². The molecule has 22 heavy (non-hydrogen) atoms. The number of benzene rings is 1. The van der Waals surface area contributed by atoms with Gasteiger partial charge in [0.25, 0.3) is 10.0 Å². The van der Waals surface area contributed by atoms with Crippen LogP contribution in [0.3, 0.4) is 0 Å². The number of nitrogens with zero attached hydrogens (tertiary/aromatic N) is 1. The Morgan fingerprint density at radius 1 is 1.23 bits per heavy atom. The normalized spacial score (nSPS) is 11.5. The fourth-order valence-corrected chi connectivity index (χ4v) is 3.79. The predicted molar refractivity (Wildman–Crippen MR) is 85.6 cm³/mol. The van der Waals surface area contributed by atoms with Gasteiger partial charge in [-0.2, -0.15) is 0 Å². The van der Waals surface area contributed by atoms with Crippen LogP contribution in [0.4, 0.5) is 10.1 Å². The van der Waals surface area contributed by atoms with E-state index in [-0.39, 0.29) is 15.6 Å². The van der Waals surface area contributed by atoms with Gasteiger partial charge in [-0.3, -0.25) is 9.71 Å². The Morgan fingerprint density at radius 2 is 1.91 bits per heavy atom.